The first kappa shape index (κ1) is 17.6. The number of pyridine rings is 1. The van der Waals surface area contributed by atoms with Crippen LogP contribution in [0.25, 0.3) is 28.4 Å². The lowest BCUT2D eigenvalue weighted by atomic mass is 10.1. The lowest BCUT2D eigenvalue weighted by molar-refractivity contribution is -0.139. The van der Waals surface area contributed by atoms with Crippen LogP contribution in [0.4, 0.5) is 0 Å². The minimum atomic E-state index is -0.497. The van der Waals surface area contributed by atoms with Crippen molar-refractivity contribution in [3.63, 3.8) is 0 Å². The maximum Gasteiger partial charge on any atom is 0.331 e. The molecular formula is C22H17N3O3. The van der Waals surface area contributed by atoms with Crippen LogP contribution in [0, 0.1) is 6.92 Å². The molecule has 0 N–H and O–H groups in total. The van der Waals surface area contributed by atoms with E-state index in [4.69, 9.17) is 9.26 Å². The first-order valence-electron chi connectivity index (χ1n) is 8.77. The van der Waals surface area contributed by atoms with E-state index in [1.165, 1.54) is 6.08 Å². The molecule has 138 valence electrons. The molecule has 6 heteroatoms. The fourth-order valence-corrected chi connectivity index (χ4v) is 2.73. The second kappa shape index (κ2) is 7.84. The number of nitrogens with zero attached hydrogens (tertiary/aromatic N) is 3. The molecule has 0 aliphatic rings. The Hall–Kier alpha value is -3.80. The van der Waals surface area contributed by atoms with E-state index < -0.39 is 5.97 Å². The molecule has 2 heterocycles. The van der Waals surface area contributed by atoms with Gasteiger partial charge in [-0.2, -0.15) is 4.98 Å². The summed E-state index contributed by atoms with van der Waals surface area (Å²) in [6.45, 7) is 1.92. The number of rotatable bonds is 5. The second-order valence-electron chi connectivity index (χ2n) is 6.24. The number of benzene rings is 2. The van der Waals surface area contributed by atoms with E-state index in [1.807, 2.05) is 61.5 Å². The number of hydrogen-bond donors (Lipinski definition) is 0. The molecule has 0 unspecified atom stereocenters. The molecule has 4 aromatic rings. The molecule has 0 saturated heterocycles. The Morgan fingerprint density at radius 2 is 1.93 bits per heavy atom. The van der Waals surface area contributed by atoms with Gasteiger partial charge in [0.1, 0.15) is 0 Å². The number of esters is 1. The van der Waals surface area contributed by atoms with Gasteiger partial charge in [0.05, 0.1) is 5.52 Å². The summed E-state index contributed by atoms with van der Waals surface area (Å²) in [4.78, 5) is 20.6. The largest absolute Gasteiger partial charge is 0.452 e. The number of ether oxygens (including phenoxy) is 1. The minimum absolute atomic E-state index is 0.0875. The maximum atomic E-state index is 12.0. The van der Waals surface area contributed by atoms with Gasteiger partial charge in [-0.3, -0.25) is 4.98 Å². The van der Waals surface area contributed by atoms with Crippen LogP contribution < -0.4 is 0 Å². The maximum absolute atomic E-state index is 12.0. The normalized spacial score (nSPS) is 11.2. The van der Waals surface area contributed by atoms with Gasteiger partial charge < -0.3 is 9.26 Å². The molecule has 0 radical (unpaired) electrons. The smallest absolute Gasteiger partial charge is 0.331 e. The summed E-state index contributed by atoms with van der Waals surface area (Å²) >= 11 is 0. The number of para-hydroxylation sites is 1. The molecule has 0 saturated carbocycles. The first-order valence-corrected chi connectivity index (χ1v) is 8.77. The number of aromatic nitrogens is 3. The van der Waals surface area contributed by atoms with Crippen molar-refractivity contribution in [1.29, 1.82) is 0 Å². The summed E-state index contributed by atoms with van der Waals surface area (Å²) in [5, 5.41) is 4.93. The summed E-state index contributed by atoms with van der Waals surface area (Å²) < 4.78 is 10.3. The van der Waals surface area contributed by atoms with E-state index in [1.54, 1.807) is 12.3 Å². The summed E-state index contributed by atoms with van der Waals surface area (Å²) in [6, 6.07) is 17.4. The van der Waals surface area contributed by atoms with Gasteiger partial charge in [0.25, 0.3) is 5.89 Å². The molecule has 2 aromatic heterocycles. The van der Waals surface area contributed by atoms with Crippen molar-refractivity contribution in [2.75, 3.05) is 0 Å². The van der Waals surface area contributed by atoms with Crippen molar-refractivity contribution in [1.82, 2.24) is 15.1 Å². The molecule has 0 amide bonds. The summed E-state index contributed by atoms with van der Waals surface area (Å²) in [5.41, 5.74) is 3.66. The highest BCUT2D eigenvalue weighted by Gasteiger charge is 2.10. The van der Waals surface area contributed by atoms with E-state index in [9.17, 15) is 4.79 Å². The Balaban J connectivity index is 1.39. The third-order valence-electron chi connectivity index (χ3n) is 4.18. The van der Waals surface area contributed by atoms with Crippen LogP contribution in [-0.4, -0.2) is 21.1 Å². The first-order chi connectivity index (χ1) is 13.7. The quantitative estimate of drug-likeness (QED) is 0.383. The van der Waals surface area contributed by atoms with Gasteiger partial charge in [-0.1, -0.05) is 59.3 Å². The predicted octanol–water partition coefficient (Wildman–Crippen LogP) is 4.35. The highest BCUT2D eigenvalue weighted by molar-refractivity contribution is 5.92. The van der Waals surface area contributed by atoms with Crippen molar-refractivity contribution >= 4 is 22.9 Å². The molecule has 0 bridgehead atoms. The number of carbonyl (C=O) groups excluding carboxylic acids is 1. The second-order valence-corrected chi connectivity index (χ2v) is 6.24. The van der Waals surface area contributed by atoms with Gasteiger partial charge in [0.15, 0.2) is 6.61 Å². The Morgan fingerprint density at radius 1 is 1.11 bits per heavy atom. The van der Waals surface area contributed by atoms with Crippen LogP contribution >= 0.6 is 0 Å². The minimum Gasteiger partial charge on any atom is -0.452 e. The number of fused-ring (bicyclic) bond motifs is 1. The lowest BCUT2D eigenvalue weighted by Crippen LogP contribution is -2.01. The average molecular weight is 371 g/mol. The van der Waals surface area contributed by atoms with Gasteiger partial charge in [-0.05, 0) is 19.1 Å². The highest BCUT2D eigenvalue weighted by atomic mass is 16.6. The summed E-state index contributed by atoms with van der Waals surface area (Å²) in [6.07, 6.45) is 4.77. The lowest BCUT2D eigenvalue weighted by Gasteiger charge is -2.00. The van der Waals surface area contributed by atoms with Crippen LogP contribution in [0.1, 0.15) is 17.0 Å². The van der Waals surface area contributed by atoms with Crippen LogP contribution in [0.5, 0.6) is 0 Å². The van der Waals surface area contributed by atoms with Crippen LogP contribution in [0.3, 0.4) is 0 Å². The SMILES string of the molecule is Cc1ccc(-c2noc(COC(=O)/C=C/c3cccc4cccnc34)n2)cc1. The Kier molecular flexibility index (Phi) is 4.93. The van der Waals surface area contributed by atoms with Crippen LogP contribution in [0.2, 0.25) is 0 Å². The van der Waals surface area contributed by atoms with E-state index >= 15 is 0 Å². The van der Waals surface area contributed by atoms with Gasteiger partial charge >= 0.3 is 5.97 Å². The van der Waals surface area contributed by atoms with E-state index in [2.05, 4.69) is 15.1 Å². The topological polar surface area (TPSA) is 78.1 Å². The molecule has 28 heavy (non-hydrogen) atoms. The number of aryl methyl sites for hydroxylation is 1. The van der Waals surface area contributed by atoms with E-state index in [-0.39, 0.29) is 12.5 Å². The van der Waals surface area contributed by atoms with Crippen LogP contribution in [0.15, 0.2) is 71.4 Å². The molecule has 0 spiro atoms. The standard InChI is InChI=1S/C22H17N3O3/c1-15-7-9-18(10-8-15)22-24-19(28-25-22)14-27-20(26)12-11-17-5-2-4-16-6-3-13-23-21(16)17/h2-13H,14H2,1H3/b12-11+. The molecule has 0 aliphatic heterocycles. The third kappa shape index (κ3) is 3.96. The molecule has 6 nitrogen and oxygen atoms in total. The van der Waals surface area contributed by atoms with Gasteiger partial charge in [-0.15, -0.1) is 0 Å². The van der Waals surface area contributed by atoms with E-state index in [0.29, 0.717) is 5.82 Å². The Labute approximate surface area is 161 Å². The average Bonchev–Trinajstić information content (AvgIpc) is 3.20. The van der Waals surface area contributed by atoms with Crippen LogP contribution in [-0.2, 0) is 16.1 Å². The zero-order chi connectivity index (χ0) is 19.3. The van der Waals surface area contributed by atoms with Crippen molar-refractivity contribution < 1.29 is 14.1 Å². The Morgan fingerprint density at radius 3 is 2.79 bits per heavy atom. The number of hydrogen-bond acceptors (Lipinski definition) is 6. The molecular weight excluding hydrogens is 354 g/mol. The summed E-state index contributed by atoms with van der Waals surface area (Å²) in [5.74, 6) is 0.204. The highest BCUT2D eigenvalue weighted by Crippen LogP contribution is 2.18. The predicted molar refractivity (Wildman–Crippen MR) is 105 cm³/mol. The fraction of sp³-hybridized carbons (Fsp3) is 0.0909. The molecule has 0 aliphatic carbocycles. The van der Waals surface area contributed by atoms with E-state index in [0.717, 1.165) is 27.6 Å². The van der Waals surface area contributed by atoms with Crippen molar-refractivity contribution in [3.8, 4) is 11.4 Å². The van der Waals surface area contributed by atoms with Crippen molar-refractivity contribution in [2.24, 2.45) is 0 Å². The summed E-state index contributed by atoms with van der Waals surface area (Å²) in [7, 11) is 0. The molecule has 0 atom stereocenters. The fourth-order valence-electron chi connectivity index (χ4n) is 2.73. The monoisotopic (exact) mass is 371 g/mol. The van der Waals surface area contributed by atoms with Crippen molar-refractivity contribution in [2.45, 2.75) is 13.5 Å². The molecule has 0 fully saturated rings. The molecule has 2 aromatic carbocycles. The zero-order valence-electron chi connectivity index (χ0n) is 15.2. The van der Waals surface area contributed by atoms with Gasteiger partial charge in [-0.25, -0.2) is 4.79 Å². The van der Waals surface area contributed by atoms with Gasteiger partial charge in [0.2, 0.25) is 5.82 Å². The zero-order valence-corrected chi connectivity index (χ0v) is 15.2. The van der Waals surface area contributed by atoms with Crippen molar-refractivity contribution in [3.05, 3.63) is 83.9 Å². The molecule has 4 rings (SSSR count). The third-order valence-corrected chi connectivity index (χ3v) is 4.18. The Bertz CT molecular complexity index is 1140. The number of carbonyl (C=O) groups is 1. The van der Waals surface area contributed by atoms with Gasteiger partial charge in [0, 0.05) is 28.8 Å².